The number of halogens is 1. The fourth-order valence-electron chi connectivity index (χ4n) is 3.27. The summed E-state index contributed by atoms with van der Waals surface area (Å²) in [6, 6.07) is 22.6. The van der Waals surface area contributed by atoms with Gasteiger partial charge in [-0.2, -0.15) is 4.57 Å². The summed E-state index contributed by atoms with van der Waals surface area (Å²) < 4.78 is 2.21. The molecule has 1 heterocycles. The van der Waals surface area contributed by atoms with Crippen LogP contribution in [0.3, 0.4) is 0 Å². The molecule has 120 valence electrons. The highest BCUT2D eigenvalue weighted by molar-refractivity contribution is 6.09. The first kappa shape index (κ1) is 16.1. The maximum Gasteiger partial charge on any atom is 0.220 e. The van der Waals surface area contributed by atoms with Crippen molar-refractivity contribution in [2.45, 2.75) is 0 Å². The molecule has 4 N–H and O–H groups in total. The second kappa shape index (κ2) is 6.02. The fourth-order valence-corrected chi connectivity index (χ4v) is 3.27. The van der Waals surface area contributed by atoms with Crippen LogP contribution in [0, 0.1) is 0 Å². The van der Waals surface area contributed by atoms with Crippen LogP contribution in [0.1, 0.15) is 0 Å². The Morgan fingerprint density at radius 3 is 2.04 bits per heavy atom. The molecule has 0 amide bonds. The molecule has 0 saturated heterocycles. The van der Waals surface area contributed by atoms with Gasteiger partial charge in [-0.1, -0.05) is 18.2 Å². The minimum absolute atomic E-state index is 0. The van der Waals surface area contributed by atoms with Crippen LogP contribution in [-0.2, 0) is 7.05 Å². The van der Waals surface area contributed by atoms with Crippen molar-refractivity contribution in [1.82, 2.24) is 0 Å². The molecule has 0 bridgehead atoms. The maximum absolute atomic E-state index is 6.02. The molecule has 0 aliphatic rings. The number of pyridine rings is 1. The standard InChI is InChI=1S/C20H17N3.ClH/c1-23-19-12-15(22)10-11-17(19)16-4-2-3-5-18(16)20(23)13-6-8-14(21)9-7-13;/h2-12H,1H3,(H3,21,22);1H. The molecular formula is C20H18ClN3. The highest BCUT2D eigenvalue weighted by atomic mass is 35.5. The summed E-state index contributed by atoms with van der Waals surface area (Å²) in [6.07, 6.45) is 0. The van der Waals surface area contributed by atoms with Crippen LogP contribution < -0.4 is 28.4 Å². The van der Waals surface area contributed by atoms with Gasteiger partial charge in [-0.15, -0.1) is 0 Å². The largest absolute Gasteiger partial charge is 1.00 e. The van der Waals surface area contributed by atoms with Gasteiger partial charge in [-0.25, -0.2) is 0 Å². The summed E-state index contributed by atoms with van der Waals surface area (Å²) in [7, 11) is 2.08. The summed E-state index contributed by atoms with van der Waals surface area (Å²) in [4.78, 5) is 0. The van der Waals surface area contributed by atoms with E-state index in [-0.39, 0.29) is 12.4 Å². The number of rotatable bonds is 1. The molecule has 3 nitrogen and oxygen atoms in total. The van der Waals surface area contributed by atoms with E-state index in [1.807, 2.05) is 24.3 Å². The number of nitrogens with zero attached hydrogens (tertiary/aromatic N) is 1. The number of aryl methyl sites for hydroxylation is 1. The predicted octanol–water partition coefficient (Wildman–Crippen LogP) is 0.653. The van der Waals surface area contributed by atoms with E-state index in [9.17, 15) is 0 Å². The molecule has 0 unspecified atom stereocenters. The van der Waals surface area contributed by atoms with Crippen LogP contribution in [0.15, 0.2) is 66.7 Å². The van der Waals surface area contributed by atoms with Crippen molar-refractivity contribution in [3.05, 3.63) is 66.7 Å². The lowest BCUT2D eigenvalue weighted by Crippen LogP contribution is -3.00. The Hall–Kier alpha value is -2.78. The van der Waals surface area contributed by atoms with Gasteiger partial charge in [-0.05, 0) is 42.5 Å². The van der Waals surface area contributed by atoms with E-state index in [1.54, 1.807) is 0 Å². The monoisotopic (exact) mass is 335 g/mol. The van der Waals surface area contributed by atoms with E-state index in [1.165, 1.54) is 21.9 Å². The van der Waals surface area contributed by atoms with Gasteiger partial charge in [0.05, 0.1) is 10.8 Å². The number of nitrogens with two attached hydrogens (primary N) is 2. The number of hydrogen-bond acceptors (Lipinski definition) is 2. The van der Waals surface area contributed by atoms with Crippen LogP contribution in [0.5, 0.6) is 0 Å². The minimum Gasteiger partial charge on any atom is -1.00 e. The molecule has 4 aromatic rings. The second-order valence-corrected chi connectivity index (χ2v) is 5.85. The maximum atomic E-state index is 6.02. The molecule has 3 aromatic carbocycles. The van der Waals surface area contributed by atoms with Gasteiger partial charge in [0.1, 0.15) is 7.05 Å². The summed E-state index contributed by atoms with van der Waals surface area (Å²) >= 11 is 0. The lowest BCUT2D eigenvalue weighted by atomic mass is 9.99. The quantitative estimate of drug-likeness (QED) is 0.305. The number of hydrogen-bond donors (Lipinski definition) is 2. The average molecular weight is 336 g/mol. The van der Waals surface area contributed by atoms with Crippen LogP contribution >= 0.6 is 0 Å². The molecule has 0 saturated carbocycles. The predicted molar refractivity (Wildman–Crippen MR) is 96.9 cm³/mol. The SMILES string of the molecule is C[n+]1c(-c2ccc(N)cc2)c2ccccc2c2ccc(N)cc21.[Cl-]. The molecule has 0 aliphatic heterocycles. The molecule has 0 spiro atoms. The Labute approximate surface area is 146 Å². The summed E-state index contributed by atoms with van der Waals surface area (Å²) in [5.41, 5.74) is 16.8. The highest BCUT2D eigenvalue weighted by Crippen LogP contribution is 2.31. The topological polar surface area (TPSA) is 55.9 Å². The van der Waals surface area contributed by atoms with Gasteiger partial charge in [0.25, 0.3) is 0 Å². The molecule has 4 heteroatoms. The van der Waals surface area contributed by atoms with Crippen molar-refractivity contribution in [2.24, 2.45) is 7.05 Å². The molecule has 0 fully saturated rings. The minimum atomic E-state index is 0. The first-order valence-corrected chi connectivity index (χ1v) is 7.61. The zero-order valence-electron chi connectivity index (χ0n) is 13.3. The third-order valence-corrected chi connectivity index (χ3v) is 4.38. The van der Waals surface area contributed by atoms with E-state index in [0.717, 1.165) is 22.5 Å². The van der Waals surface area contributed by atoms with E-state index in [0.29, 0.717) is 0 Å². The molecule has 0 atom stereocenters. The fraction of sp³-hybridized carbons (Fsp3) is 0.0500. The van der Waals surface area contributed by atoms with Gasteiger partial charge in [-0.3, -0.25) is 0 Å². The van der Waals surface area contributed by atoms with Crippen LogP contribution in [0.25, 0.3) is 32.9 Å². The number of aromatic nitrogens is 1. The third kappa shape index (κ3) is 2.43. The first-order chi connectivity index (χ1) is 11.1. The zero-order valence-corrected chi connectivity index (χ0v) is 14.1. The van der Waals surface area contributed by atoms with Gasteiger partial charge in [0.15, 0.2) is 0 Å². The van der Waals surface area contributed by atoms with Crippen molar-refractivity contribution in [3.63, 3.8) is 0 Å². The zero-order chi connectivity index (χ0) is 16.0. The van der Waals surface area contributed by atoms with Gasteiger partial charge in [0, 0.05) is 28.4 Å². The summed E-state index contributed by atoms with van der Waals surface area (Å²) in [5, 5.41) is 3.65. The number of nitrogen functional groups attached to an aromatic ring is 2. The Kier molecular flexibility index (Phi) is 4.04. The van der Waals surface area contributed by atoms with Gasteiger partial charge >= 0.3 is 0 Å². The van der Waals surface area contributed by atoms with Gasteiger partial charge < -0.3 is 23.9 Å². The van der Waals surface area contributed by atoms with E-state index in [4.69, 9.17) is 11.5 Å². The van der Waals surface area contributed by atoms with E-state index >= 15 is 0 Å². The van der Waals surface area contributed by atoms with Crippen molar-refractivity contribution in [2.75, 3.05) is 11.5 Å². The van der Waals surface area contributed by atoms with Crippen molar-refractivity contribution < 1.29 is 17.0 Å². The highest BCUT2D eigenvalue weighted by Gasteiger charge is 2.20. The first-order valence-electron chi connectivity index (χ1n) is 7.61. The Morgan fingerprint density at radius 1 is 0.708 bits per heavy atom. The van der Waals surface area contributed by atoms with Gasteiger partial charge in [0.2, 0.25) is 11.2 Å². The summed E-state index contributed by atoms with van der Waals surface area (Å²) in [6.45, 7) is 0. The molecule has 0 aliphatic carbocycles. The normalized spacial score (nSPS) is 10.7. The smallest absolute Gasteiger partial charge is 0.220 e. The number of anilines is 2. The molecule has 4 rings (SSSR count). The number of fused-ring (bicyclic) bond motifs is 3. The molecule has 1 aromatic heterocycles. The van der Waals surface area contributed by atoms with E-state index < -0.39 is 0 Å². The van der Waals surface area contributed by atoms with Crippen molar-refractivity contribution in [1.29, 1.82) is 0 Å². The van der Waals surface area contributed by atoms with Crippen LogP contribution in [-0.4, -0.2) is 0 Å². The molecular weight excluding hydrogens is 318 g/mol. The Bertz CT molecular complexity index is 1040. The average Bonchev–Trinajstić information content (AvgIpc) is 2.57. The van der Waals surface area contributed by atoms with E-state index in [2.05, 4.69) is 54.1 Å². The van der Waals surface area contributed by atoms with Crippen molar-refractivity contribution in [3.8, 4) is 11.3 Å². The van der Waals surface area contributed by atoms with Crippen LogP contribution in [0.2, 0.25) is 0 Å². The van der Waals surface area contributed by atoms with Crippen LogP contribution in [0.4, 0.5) is 11.4 Å². The molecule has 24 heavy (non-hydrogen) atoms. The summed E-state index contributed by atoms with van der Waals surface area (Å²) in [5.74, 6) is 0. The lowest BCUT2D eigenvalue weighted by molar-refractivity contribution is -0.632. The lowest BCUT2D eigenvalue weighted by Gasteiger charge is -2.10. The molecule has 0 radical (unpaired) electrons. The number of benzene rings is 3. The Morgan fingerprint density at radius 2 is 1.33 bits per heavy atom. The third-order valence-electron chi connectivity index (χ3n) is 4.38. The Balaban J connectivity index is 0.00000169. The second-order valence-electron chi connectivity index (χ2n) is 5.85. The van der Waals surface area contributed by atoms with Crippen molar-refractivity contribution >= 4 is 33.1 Å².